The molecule has 0 unspecified atom stereocenters. The van der Waals surface area contributed by atoms with Crippen molar-refractivity contribution < 1.29 is 21.6 Å². The van der Waals surface area contributed by atoms with Gasteiger partial charge in [-0.05, 0) is 38.3 Å². The molecule has 0 aliphatic rings. The molecular weight excluding hydrogens is 374 g/mol. The summed E-state index contributed by atoms with van der Waals surface area (Å²) in [4.78, 5) is 9.20. The molecule has 0 atom stereocenters. The molecule has 5 rings (SSSR count). The van der Waals surface area contributed by atoms with E-state index in [0.717, 1.165) is 5.39 Å². The number of aryl methyl sites for hydroxylation is 4. The highest BCUT2D eigenvalue weighted by Gasteiger charge is 2.30. The number of benzene rings is 1. The minimum atomic E-state index is -2.63. The zero-order chi connectivity index (χ0) is 26.4. The van der Waals surface area contributed by atoms with E-state index in [9.17, 15) is 0 Å². The Morgan fingerprint density at radius 3 is 2.63 bits per heavy atom. The fourth-order valence-corrected chi connectivity index (χ4v) is 3.90. The minimum absolute atomic E-state index is 0.218. The van der Waals surface area contributed by atoms with Crippen LogP contribution in [0.25, 0.3) is 44.4 Å². The topological polar surface area (TPSA) is 55.9 Å². The van der Waals surface area contributed by atoms with Crippen LogP contribution < -0.4 is 4.57 Å². The molecule has 0 amide bonds. The molecule has 4 heterocycles. The van der Waals surface area contributed by atoms with Crippen molar-refractivity contribution in [3.05, 3.63) is 53.2 Å². The largest absolute Gasteiger partial charge is 0.440 e. The van der Waals surface area contributed by atoms with Gasteiger partial charge in [0.25, 0.3) is 0 Å². The minimum Gasteiger partial charge on any atom is -0.440 e. The first-order chi connectivity index (χ1) is 16.6. The molecule has 0 radical (unpaired) electrons. The highest BCUT2D eigenvalue weighted by molar-refractivity contribution is 6.20. The maximum absolute atomic E-state index is 8.04. The third kappa shape index (κ3) is 2.58. The molecule has 0 saturated heterocycles. The highest BCUT2D eigenvalue weighted by Crippen LogP contribution is 2.43. The van der Waals surface area contributed by atoms with Crippen LogP contribution >= 0.6 is 0 Å². The second-order valence-electron chi connectivity index (χ2n) is 8.71. The normalized spacial score (nSPS) is 16.3. The second-order valence-corrected chi connectivity index (χ2v) is 8.71. The average Bonchev–Trinajstić information content (AvgIpc) is 3.35. The van der Waals surface area contributed by atoms with Gasteiger partial charge in [-0.15, -0.1) is 0 Å². The lowest BCUT2D eigenvalue weighted by Gasteiger charge is -2.11. The van der Waals surface area contributed by atoms with Crippen molar-refractivity contribution in [2.75, 3.05) is 0 Å². The van der Waals surface area contributed by atoms with E-state index < -0.39 is 13.7 Å². The van der Waals surface area contributed by atoms with Gasteiger partial charge in [0.1, 0.15) is 12.6 Å². The van der Waals surface area contributed by atoms with Gasteiger partial charge in [0, 0.05) is 37.0 Å². The van der Waals surface area contributed by atoms with Gasteiger partial charge < -0.3 is 8.83 Å². The van der Waals surface area contributed by atoms with Crippen molar-refractivity contribution in [2.45, 2.75) is 46.8 Å². The van der Waals surface area contributed by atoms with Crippen molar-refractivity contribution in [2.24, 2.45) is 7.05 Å². The zero-order valence-electron chi connectivity index (χ0n) is 23.5. The summed E-state index contributed by atoms with van der Waals surface area (Å²) in [5.74, 6) is 0.558. The molecule has 5 aromatic rings. The van der Waals surface area contributed by atoms with Crippen LogP contribution in [-0.2, 0) is 12.5 Å². The van der Waals surface area contributed by atoms with Crippen LogP contribution in [0.2, 0.25) is 0 Å². The zero-order valence-corrected chi connectivity index (χ0v) is 17.5. The molecule has 0 N–H and O–H groups in total. The van der Waals surface area contributed by atoms with Crippen molar-refractivity contribution >= 4 is 33.2 Å². The van der Waals surface area contributed by atoms with E-state index in [2.05, 4.69) is 4.98 Å². The number of pyridine rings is 2. The Kier molecular flexibility index (Phi) is 2.70. The van der Waals surface area contributed by atoms with Crippen molar-refractivity contribution in [3.8, 4) is 11.3 Å². The van der Waals surface area contributed by atoms with Gasteiger partial charge in [-0.3, -0.25) is 0 Å². The number of fused-ring (bicyclic) bond motifs is 5. The molecule has 0 fully saturated rings. The summed E-state index contributed by atoms with van der Waals surface area (Å²) in [6, 6.07) is 5.12. The number of nitrogens with zero attached hydrogens (tertiary/aromatic N) is 3. The number of furan rings is 1. The second kappa shape index (κ2) is 6.14. The molecule has 5 nitrogen and oxygen atoms in total. The van der Waals surface area contributed by atoms with Gasteiger partial charge in [-0.1, -0.05) is 20.8 Å². The number of hydrogen-bond acceptors (Lipinski definition) is 4. The SMILES string of the molecule is [2H]C([2H])([2H])c1cc(-c2c(C)c3oc(C(C)(C)C)nc3c3c2oc2ncccc23)[n+](C)cc1C([2H])([2H])[2H]. The molecule has 4 aromatic heterocycles. The molecule has 30 heavy (non-hydrogen) atoms. The van der Waals surface area contributed by atoms with Gasteiger partial charge in [0.15, 0.2) is 17.4 Å². The molecule has 0 spiro atoms. The van der Waals surface area contributed by atoms with E-state index in [1.807, 2.05) is 39.8 Å². The van der Waals surface area contributed by atoms with Gasteiger partial charge >= 0.3 is 0 Å². The summed E-state index contributed by atoms with van der Waals surface area (Å²) >= 11 is 0. The van der Waals surface area contributed by atoms with E-state index in [0.29, 0.717) is 50.5 Å². The lowest BCUT2D eigenvalue weighted by atomic mass is 9.97. The summed E-state index contributed by atoms with van der Waals surface area (Å²) in [5.41, 5.74) is 3.07. The first-order valence-corrected chi connectivity index (χ1v) is 9.75. The van der Waals surface area contributed by atoms with Gasteiger partial charge in [0.2, 0.25) is 17.3 Å². The predicted molar refractivity (Wildman–Crippen MR) is 119 cm³/mol. The van der Waals surface area contributed by atoms with E-state index in [4.69, 9.17) is 22.0 Å². The third-order valence-electron chi connectivity index (χ3n) is 5.44. The van der Waals surface area contributed by atoms with E-state index >= 15 is 0 Å². The number of aromatic nitrogens is 3. The Morgan fingerprint density at radius 2 is 1.90 bits per heavy atom. The van der Waals surface area contributed by atoms with Crippen LogP contribution in [0.3, 0.4) is 0 Å². The summed E-state index contributed by atoms with van der Waals surface area (Å²) in [5, 5.41) is 1.47. The quantitative estimate of drug-likeness (QED) is 0.328. The Hall–Kier alpha value is -3.21. The third-order valence-corrected chi connectivity index (χ3v) is 5.44. The van der Waals surface area contributed by atoms with Crippen LogP contribution in [0.4, 0.5) is 0 Å². The smallest absolute Gasteiger partial charge is 0.227 e. The van der Waals surface area contributed by atoms with E-state index in [-0.39, 0.29) is 16.5 Å². The van der Waals surface area contributed by atoms with Crippen molar-refractivity contribution in [1.29, 1.82) is 0 Å². The Bertz CT molecular complexity index is 1670. The highest BCUT2D eigenvalue weighted by atomic mass is 16.4. The maximum atomic E-state index is 8.04. The van der Waals surface area contributed by atoms with Gasteiger partial charge in [0.05, 0.1) is 16.3 Å². The summed E-state index contributed by atoms with van der Waals surface area (Å²) in [7, 11) is 1.69. The number of rotatable bonds is 1. The average molecular weight is 407 g/mol. The first-order valence-electron chi connectivity index (χ1n) is 12.7. The Morgan fingerprint density at radius 1 is 1.10 bits per heavy atom. The summed E-state index contributed by atoms with van der Waals surface area (Å²) in [6.45, 7) is 2.67. The summed E-state index contributed by atoms with van der Waals surface area (Å²) in [6.07, 6.45) is 3.00. The molecule has 0 aliphatic carbocycles. The fraction of sp³-hybridized carbons (Fsp3) is 0.320. The lowest BCUT2D eigenvalue weighted by Crippen LogP contribution is -2.31. The van der Waals surface area contributed by atoms with Crippen LogP contribution in [0, 0.1) is 20.6 Å². The molecule has 5 heteroatoms. The fourth-order valence-electron chi connectivity index (χ4n) is 3.90. The van der Waals surface area contributed by atoms with Crippen LogP contribution in [-0.4, -0.2) is 9.97 Å². The maximum Gasteiger partial charge on any atom is 0.227 e. The molecule has 1 aromatic carbocycles. The number of hydrogen-bond donors (Lipinski definition) is 0. The number of oxazole rings is 1. The van der Waals surface area contributed by atoms with E-state index in [1.165, 1.54) is 12.3 Å². The molecule has 0 bridgehead atoms. The van der Waals surface area contributed by atoms with Gasteiger partial charge in [-0.25, -0.2) is 14.5 Å². The summed E-state index contributed by atoms with van der Waals surface area (Å²) < 4.78 is 62.0. The standard InChI is InChI=1S/C25H26N3O2/c1-13-11-17(28(7)12-14(13)2)18-15(3)21-20(27-24(30-21)25(4,5)6)19-16-9-8-10-26-23(16)29-22(18)19/h8-12H,1-7H3/q+1/i1D3,2D3. The molecule has 152 valence electrons. The van der Waals surface area contributed by atoms with E-state index in [1.54, 1.807) is 17.8 Å². The van der Waals surface area contributed by atoms with Crippen LogP contribution in [0.5, 0.6) is 0 Å². The Labute approximate surface area is 183 Å². The Balaban J connectivity index is 1.98. The van der Waals surface area contributed by atoms with Crippen molar-refractivity contribution in [1.82, 2.24) is 9.97 Å². The van der Waals surface area contributed by atoms with Gasteiger partial charge in [-0.2, -0.15) is 0 Å². The lowest BCUT2D eigenvalue weighted by molar-refractivity contribution is -0.660. The molecular formula is C25H26N3O2+. The molecule has 0 aliphatic heterocycles. The van der Waals surface area contributed by atoms with Crippen LogP contribution in [0.15, 0.2) is 39.4 Å². The van der Waals surface area contributed by atoms with Crippen molar-refractivity contribution in [3.63, 3.8) is 0 Å². The molecule has 0 saturated carbocycles. The predicted octanol–water partition coefficient (Wildman–Crippen LogP) is 5.84. The monoisotopic (exact) mass is 406 g/mol. The van der Waals surface area contributed by atoms with Crippen LogP contribution in [0.1, 0.15) is 51.6 Å². The first kappa shape index (κ1) is 13.2.